The van der Waals surface area contributed by atoms with Gasteiger partial charge in [0.1, 0.15) is 0 Å². The third-order valence-electron chi connectivity index (χ3n) is 4.61. The molecule has 21 heavy (non-hydrogen) atoms. The standard InChI is InChI=1S/C16H24N2O2S/c19-21(20,18-11-1-2-12-18)16-5-3-14(4-6-16)13-15-7-9-17-10-8-15/h3-6,15,17H,1-2,7-13H2. The van der Waals surface area contributed by atoms with Crippen molar-refractivity contribution in [3.8, 4) is 0 Å². The van der Waals surface area contributed by atoms with Crippen LogP contribution in [0.2, 0.25) is 0 Å². The quantitative estimate of drug-likeness (QED) is 0.926. The summed E-state index contributed by atoms with van der Waals surface area (Å²) >= 11 is 0. The summed E-state index contributed by atoms with van der Waals surface area (Å²) in [6, 6.07) is 7.55. The first-order valence-electron chi connectivity index (χ1n) is 7.96. The number of sulfonamides is 1. The second kappa shape index (κ2) is 6.46. The molecule has 0 aliphatic carbocycles. The van der Waals surface area contributed by atoms with Crippen molar-refractivity contribution in [3.63, 3.8) is 0 Å². The minimum atomic E-state index is -3.27. The Morgan fingerprint density at radius 3 is 2.29 bits per heavy atom. The Morgan fingerprint density at radius 1 is 1.05 bits per heavy atom. The third kappa shape index (κ3) is 3.47. The molecule has 0 amide bonds. The van der Waals surface area contributed by atoms with E-state index in [1.807, 2.05) is 12.1 Å². The van der Waals surface area contributed by atoms with Crippen LogP contribution in [-0.2, 0) is 16.4 Å². The van der Waals surface area contributed by atoms with Gasteiger partial charge in [-0.1, -0.05) is 12.1 Å². The Kier molecular flexibility index (Phi) is 4.62. The summed E-state index contributed by atoms with van der Waals surface area (Å²) < 4.78 is 26.5. The minimum Gasteiger partial charge on any atom is -0.317 e. The largest absolute Gasteiger partial charge is 0.317 e. The van der Waals surface area contributed by atoms with Gasteiger partial charge in [-0.25, -0.2) is 8.42 Å². The molecule has 116 valence electrons. The topological polar surface area (TPSA) is 49.4 Å². The highest BCUT2D eigenvalue weighted by Crippen LogP contribution is 2.23. The van der Waals surface area contributed by atoms with E-state index in [1.54, 1.807) is 16.4 Å². The lowest BCUT2D eigenvalue weighted by Gasteiger charge is -2.22. The lowest BCUT2D eigenvalue weighted by atomic mass is 9.91. The minimum absolute atomic E-state index is 0.443. The first-order chi connectivity index (χ1) is 10.2. The van der Waals surface area contributed by atoms with Crippen LogP contribution in [0.15, 0.2) is 29.2 Å². The molecule has 3 rings (SSSR count). The fourth-order valence-corrected chi connectivity index (χ4v) is 4.81. The fourth-order valence-electron chi connectivity index (χ4n) is 3.29. The van der Waals surface area contributed by atoms with Crippen LogP contribution in [0.3, 0.4) is 0 Å². The number of nitrogens with one attached hydrogen (secondary N) is 1. The molecule has 0 bridgehead atoms. The van der Waals surface area contributed by atoms with Crippen LogP contribution in [0.4, 0.5) is 0 Å². The van der Waals surface area contributed by atoms with Crippen molar-refractivity contribution in [1.82, 2.24) is 9.62 Å². The molecule has 0 radical (unpaired) electrons. The Balaban J connectivity index is 1.68. The number of nitrogens with zero attached hydrogens (tertiary/aromatic N) is 1. The Morgan fingerprint density at radius 2 is 1.67 bits per heavy atom. The number of hydrogen-bond acceptors (Lipinski definition) is 3. The first-order valence-corrected chi connectivity index (χ1v) is 9.40. The molecule has 1 N–H and O–H groups in total. The van der Waals surface area contributed by atoms with Gasteiger partial charge in [0.2, 0.25) is 10.0 Å². The molecule has 0 spiro atoms. The van der Waals surface area contributed by atoms with Crippen LogP contribution in [0.25, 0.3) is 0 Å². The van der Waals surface area contributed by atoms with Crippen LogP contribution < -0.4 is 5.32 Å². The van der Waals surface area contributed by atoms with Gasteiger partial charge in [-0.3, -0.25) is 0 Å². The van der Waals surface area contributed by atoms with Crippen LogP contribution in [0, 0.1) is 5.92 Å². The van der Waals surface area contributed by atoms with E-state index < -0.39 is 10.0 Å². The van der Waals surface area contributed by atoms with Gasteiger partial charge in [0, 0.05) is 13.1 Å². The maximum absolute atomic E-state index is 12.5. The van der Waals surface area contributed by atoms with Crippen molar-refractivity contribution >= 4 is 10.0 Å². The maximum Gasteiger partial charge on any atom is 0.243 e. The molecular weight excluding hydrogens is 284 g/mol. The predicted molar refractivity (Wildman–Crippen MR) is 83.7 cm³/mol. The van der Waals surface area contributed by atoms with Crippen LogP contribution in [-0.4, -0.2) is 38.9 Å². The van der Waals surface area contributed by atoms with Gasteiger partial charge in [-0.05, 0) is 68.8 Å². The van der Waals surface area contributed by atoms with Gasteiger partial charge < -0.3 is 5.32 Å². The molecule has 0 unspecified atom stereocenters. The molecular formula is C16H24N2O2S. The van der Waals surface area contributed by atoms with Crippen LogP contribution >= 0.6 is 0 Å². The SMILES string of the molecule is O=S(=O)(c1ccc(CC2CCNCC2)cc1)N1CCCC1. The van der Waals surface area contributed by atoms with Crippen molar-refractivity contribution in [3.05, 3.63) is 29.8 Å². The van der Waals surface area contributed by atoms with Crippen LogP contribution in [0.1, 0.15) is 31.2 Å². The summed E-state index contributed by atoms with van der Waals surface area (Å²) in [4.78, 5) is 0.443. The normalized spacial score (nSPS) is 21.7. The van der Waals surface area contributed by atoms with E-state index >= 15 is 0 Å². The number of hydrogen-bond donors (Lipinski definition) is 1. The van der Waals surface area contributed by atoms with E-state index in [9.17, 15) is 8.42 Å². The van der Waals surface area contributed by atoms with Crippen molar-refractivity contribution in [2.45, 2.75) is 37.0 Å². The van der Waals surface area contributed by atoms with Gasteiger partial charge in [0.05, 0.1) is 4.90 Å². The molecule has 2 heterocycles. The highest BCUT2D eigenvalue weighted by Gasteiger charge is 2.27. The highest BCUT2D eigenvalue weighted by atomic mass is 32.2. The van der Waals surface area contributed by atoms with E-state index in [0.717, 1.165) is 38.3 Å². The summed E-state index contributed by atoms with van der Waals surface area (Å²) in [5, 5.41) is 3.38. The van der Waals surface area contributed by atoms with Gasteiger partial charge >= 0.3 is 0 Å². The van der Waals surface area contributed by atoms with Gasteiger partial charge in [-0.2, -0.15) is 4.31 Å². The number of benzene rings is 1. The highest BCUT2D eigenvalue weighted by molar-refractivity contribution is 7.89. The van der Waals surface area contributed by atoms with E-state index in [-0.39, 0.29) is 0 Å². The third-order valence-corrected chi connectivity index (χ3v) is 6.52. The summed E-state index contributed by atoms with van der Waals surface area (Å²) in [6.07, 6.45) is 5.45. The van der Waals surface area contributed by atoms with Gasteiger partial charge in [0.25, 0.3) is 0 Å². The maximum atomic E-state index is 12.5. The average molecular weight is 308 g/mol. The molecule has 0 atom stereocenters. The van der Waals surface area contributed by atoms with Crippen molar-refractivity contribution in [2.75, 3.05) is 26.2 Å². The Labute approximate surface area is 127 Å². The molecule has 2 saturated heterocycles. The molecule has 5 heteroatoms. The monoisotopic (exact) mass is 308 g/mol. The zero-order chi connectivity index (χ0) is 14.7. The number of rotatable bonds is 4. The zero-order valence-corrected chi connectivity index (χ0v) is 13.2. The van der Waals surface area contributed by atoms with Crippen LogP contribution in [0.5, 0.6) is 0 Å². The molecule has 2 aliphatic rings. The predicted octanol–water partition coefficient (Wildman–Crippen LogP) is 2.01. The summed E-state index contributed by atoms with van der Waals surface area (Å²) in [5.41, 5.74) is 1.25. The number of piperidine rings is 1. The Bertz CT molecular complexity index is 556. The molecule has 0 saturated carbocycles. The van der Waals surface area contributed by atoms with E-state index in [4.69, 9.17) is 0 Å². The summed E-state index contributed by atoms with van der Waals surface area (Å²) in [6.45, 7) is 3.54. The Hall–Kier alpha value is -0.910. The molecule has 4 nitrogen and oxygen atoms in total. The second-order valence-electron chi connectivity index (χ2n) is 6.15. The molecule has 0 aromatic heterocycles. The molecule has 1 aromatic rings. The lowest BCUT2D eigenvalue weighted by molar-refractivity contribution is 0.372. The smallest absolute Gasteiger partial charge is 0.243 e. The summed E-state index contributed by atoms with van der Waals surface area (Å²) in [7, 11) is -3.27. The molecule has 2 aliphatic heterocycles. The molecule has 1 aromatic carbocycles. The van der Waals surface area contributed by atoms with Gasteiger partial charge in [0.15, 0.2) is 0 Å². The lowest BCUT2D eigenvalue weighted by Crippen LogP contribution is -2.29. The average Bonchev–Trinajstić information content (AvgIpc) is 3.04. The van der Waals surface area contributed by atoms with E-state index in [1.165, 1.54) is 18.4 Å². The first kappa shape index (κ1) is 15.0. The molecule has 2 fully saturated rings. The van der Waals surface area contributed by atoms with E-state index in [2.05, 4.69) is 5.32 Å². The zero-order valence-electron chi connectivity index (χ0n) is 12.4. The van der Waals surface area contributed by atoms with Crippen molar-refractivity contribution in [2.24, 2.45) is 5.92 Å². The van der Waals surface area contributed by atoms with E-state index in [0.29, 0.717) is 18.0 Å². The second-order valence-corrected chi connectivity index (χ2v) is 8.09. The van der Waals surface area contributed by atoms with Crippen molar-refractivity contribution in [1.29, 1.82) is 0 Å². The fraction of sp³-hybridized carbons (Fsp3) is 0.625. The van der Waals surface area contributed by atoms with Gasteiger partial charge in [-0.15, -0.1) is 0 Å². The van der Waals surface area contributed by atoms with Crippen molar-refractivity contribution < 1.29 is 8.42 Å². The summed E-state index contributed by atoms with van der Waals surface area (Å²) in [5.74, 6) is 0.729.